The summed E-state index contributed by atoms with van der Waals surface area (Å²) < 4.78 is 0.783. The summed E-state index contributed by atoms with van der Waals surface area (Å²) in [6.45, 7) is 1.47. The summed E-state index contributed by atoms with van der Waals surface area (Å²) in [5, 5.41) is 10.7. The third-order valence-electron chi connectivity index (χ3n) is 3.48. The third-order valence-corrected chi connectivity index (χ3v) is 6.44. The Morgan fingerprint density at radius 1 is 1.25 bits per heavy atom. The second-order valence-corrected chi connectivity index (χ2v) is 7.43. The number of Topliss-reactive ketones (excluding diaryl/α,β-unsaturated/α-hetero) is 1. The molecule has 0 aromatic rings. The first-order chi connectivity index (χ1) is 9.35. The van der Waals surface area contributed by atoms with Crippen LogP contribution in [0.3, 0.4) is 0 Å². The number of carbonyl (C=O) groups excluding carboxylic acids is 2. The molecule has 0 radical (unpaired) electrons. The van der Waals surface area contributed by atoms with Gasteiger partial charge in [0.2, 0.25) is 11.7 Å². The molecule has 1 amide bonds. The Balaban J connectivity index is 2.18. The highest BCUT2D eigenvalue weighted by Crippen LogP contribution is 2.40. The van der Waals surface area contributed by atoms with Gasteiger partial charge in [0.1, 0.15) is 5.60 Å². The van der Waals surface area contributed by atoms with E-state index >= 15 is 0 Å². The number of rotatable bonds is 2. The standard InChI is InChI=1S/C13H14Br3NO3/c14-8-6-13(20,12(16)10(15)11(8)19)7-9(18)17-4-2-1-3-5-17/h6,20H,1-5,7H2. The van der Waals surface area contributed by atoms with Gasteiger partial charge in [0, 0.05) is 17.6 Å². The summed E-state index contributed by atoms with van der Waals surface area (Å²) in [6, 6.07) is 0. The van der Waals surface area contributed by atoms with Crippen molar-refractivity contribution in [2.45, 2.75) is 31.3 Å². The van der Waals surface area contributed by atoms with Crippen LogP contribution in [0.5, 0.6) is 0 Å². The van der Waals surface area contributed by atoms with Gasteiger partial charge < -0.3 is 10.0 Å². The summed E-state index contributed by atoms with van der Waals surface area (Å²) in [7, 11) is 0. The topological polar surface area (TPSA) is 57.6 Å². The van der Waals surface area contributed by atoms with Gasteiger partial charge in [0.15, 0.2) is 0 Å². The molecule has 1 saturated heterocycles. The van der Waals surface area contributed by atoms with E-state index in [-0.39, 0.29) is 27.1 Å². The molecular weight excluding hydrogens is 458 g/mol. The average molecular weight is 472 g/mol. The molecule has 0 aromatic carbocycles. The van der Waals surface area contributed by atoms with Crippen LogP contribution in [-0.2, 0) is 9.59 Å². The molecule has 0 saturated carbocycles. The second-order valence-electron chi connectivity index (χ2n) is 4.99. The van der Waals surface area contributed by atoms with Gasteiger partial charge in [-0.05, 0) is 57.2 Å². The monoisotopic (exact) mass is 469 g/mol. The maximum atomic E-state index is 12.3. The first-order valence-corrected chi connectivity index (χ1v) is 8.72. The molecule has 1 N–H and O–H groups in total. The van der Waals surface area contributed by atoms with Crippen LogP contribution in [0.4, 0.5) is 0 Å². The fourth-order valence-corrected chi connectivity index (χ4v) is 4.18. The number of amides is 1. The van der Waals surface area contributed by atoms with E-state index in [1.54, 1.807) is 4.90 Å². The maximum absolute atomic E-state index is 12.3. The number of aliphatic hydroxyl groups is 1. The van der Waals surface area contributed by atoms with Crippen molar-refractivity contribution in [3.8, 4) is 0 Å². The van der Waals surface area contributed by atoms with Gasteiger partial charge in [-0.2, -0.15) is 0 Å². The zero-order valence-electron chi connectivity index (χ0n) is 10.7. The van der Waals surface area contributed by atoms with E-state index in [1.165, 1.54) is 6.08 Å². The third kappa shape index (κ3) is 3.26. The fraction of sp³-hybridized carbons (Fsp3) is 0.538. The highest BCUT2D eigenvalue weighted by Gasteiger charge is 2.40. The predicted molar refractivity (Wildman–Crippen MR) is 86.9 cm³/mol. The van der Waals surface area contributed by atoms with E-state index in [4.69, 9.17) is 0 Å². The van der Waals surface area contributed by atoms with Crippen molar-refractivity contribution in [2.75, 3.05) is 13.1 Å². The molecular formula is C13H14Br3NO3. The molecule has 4 nitrogen and oxygen atoms in total. The van der Waals surface area contributed by atoms with Crippen molar-refractivity contribution >= 4 is 59.5 Å². The summed E-state index contributed by atoms with van der Waals surface area (Å²) in [6.07, 6.45) is 4.45. The van der Waals surface area contributed by atoms with Gasteiger partial charge in [0.05, 0.1) is 15.4 Å². The smallest absolute Gasteiger partial charge is 0.226 e. The Morgan fingerprint density at radius 3 is 2.45 bits per heavy atom. The van der Waals surface area contributed by atoms with Crippen molar-refractivity contribution in [3.63, 3.8) is 0 Å². The van der Waals surface area contributed by atoms with E-state index in [1.807, 2.05) is 0 Å². The number of ketones is 1. The Kier molecular flexibility index (Phi) is 5.26. The number of likely N-dealkylation sites (tertiary alicyclic amines) is 1. The summed E-state index contributed by atoms with van der Waals surface area (Å²) in [4.78, 5) is 25.8. The molecule has 20 heavy (non-hydrogen) atoms. The van der Waals surface area contributed by atoms with Crippen LogP contribution in [0.2, 0.25) is 0 Å². The molecule has 0 aromatic heterocycles. The number of nitrogens with zero attached hydrogens (tertiary/aromatic N) is 1. The molecule has 0 spiro atoms. The molecule has 0 bridgehead atoms. The first-order valence-electron chi connectivity index (χ1n) is 6.34. The number of hydrogen-bond donors (Lipinski definition) is 1. The van der Waals surface area contributed by atoms with Gasteiger partial charge in [0.25, 0.3) is 0 Å². The molecule has 1 heterocycles. The van der Waals surface area contributed by atoms with Crippen molar-refractivity contribution < 1.29 is 14.7 Å². The molecule has 2 aliphatic rings. The predicted octanol–water partition coefficient (Wildman–Crippen LogP) is 2.98. The van der Waals surface area contributed by atoms with Crippen LogP contribution in [0.15, 0.2) is 19.5 Å². The minimum Gasteiger partial charge on any atom is -0.380 e. The van der Waals surface area contributed by atoms with E-state index in [9.17, 15) is 14.7 Å². The summed E-state index contributed by atoms with van der Waals surface area (Å²) >= 11 is 9.50. The minimum absolute atomic E-state index is 0.0783. The number of carbonyl (C=O) groups is 2. The summed E-state index contributed by atoms with van der Waals surface area (Å²) in [5.74, 6) is -0.359. The fourth-order valence-electron chi connectivity index (χ4n) is 2.35. The van der Waals surface area contributed by atoms with Crippen LogP contribution in [0.25, 0.3) is 0 Å². The highest BCUT2D eigenvalue weighted by atomic mass is 79.9. The lowest BCUT2D eigenvalue weighted by Gasteiger charge is -2.33. The average Bonchev–Trinajstić information content (AvgIpc) is 2.44. The molecule has 110 valence electrons. The van der Waals surface area contributed by atoms with Crippen molar-refractivity contribution in [2.24, 2.45) is 0 Å². The normalized spacial score (nSPS) is 27.7. The Bertz CT molecular complexity index is 509. The van der Waals surface area contributed by atoms with E-state index in [0.717, 1.165) is 32.4 Å². The lowest BCUT2D eigenvalue weighted by atomic mass is 9.92. The van der Waals surface area contributed by atoms with Gasteiger partial charge in [-0.1, -0.05) is 15.9 Å². The second kappa shape index (κ2) is 6.42. The van der Waals surface area contributed by atoms with Crippen molar-refractivity contribution in [1.29, 1.82) is 0 Å². The molecule has 1 atom stereocenters. The molecule has 1 aliphatic heterocycles. The molecule has 1 unspecified atom stereocenters. The zero-order chi connectivity index (χ0) is 14.9. The van der Waals surface area contributed by atoms with Gasteiger partial charge >= 0.3 is 0 Å². The lowest BCUT2D eigenvalue weighted by Crippen LogP contribution is -2.42. The molecule has 1 aliphatic carbocycles. The molecule has 2 rings (SSSR count). The number of piperidine rings is 1. The Labute approximate surface area is 142 Å². The van der Waals surface area contributed by atoms with E-state index in [2.05, 4.69) is 47.8 Å². The largest absolute Gasteiger partial charge is 0.380 e. The number of halogens is 3. The van der Waals surface area contributed by atoms with Gasteiger partial charge in [-0.3, -0.25) is 9.59 Å². The summed E-state index contributed by atoms with van der Waals surface area (Å²) in [5.41, 5.74) is -1.49. The SMILES string of the molecule is O=C1C(Br)=CC(O)(CC(=O)N2CCCCC2)C(Br)=C1Br. The van der Waals surface area contributed by atoms with Crippen LogP contribution >= 0.6 is 47.8 Å². The zero-order valence-corrected chi connectivity index (χ0v) is 15.4. The van der Waals surface area contributed by atoms with Gasteiger partial charge in [-0.15, -0.1) is 0 Å². The first kappa shape index (κ1) is 16.4. The number of allylic oxidation sites excluding steroid dienone is 2. The van der Waals surface area contributed by atoms with Crippen LogP contribution in [0, 0.1) is 0 Å². The van der Waals surface area contributed by atoms with E-state index < -0.39 is 5.60 Å². The van der Waals surface area contributed by atoms with Crippen molar-refractivity contribution in [1.82, 2.24) is 4.90 Å². The highest BCUT2D eigenvalue weighted by molar-refractivity contribution is 9.14. The number of hydrogen-bond acceptors (Lipinski definition) is 3. The van der Waals surface area contributed by atoms with Crippen LogP contribution in [-0.4, -0.2) is 40.4 Å². The maximum Gasteiger partial charge on any atom is 0.226 e. The Hall–Kier alpha value is 0.0200. The van der Waals surface area contributed by atoms with Crippen LogP contribution < -0.4 is 0 Å². The van der Waals surface area contributed by atoms with E-state index in [0.29, 0.717) is 4.48 Å². The van der Waals surface area contributed by atoms with Crippen molar-refractivity contribution in [3.05, 3.63) is 19.5 Å². The quantitative estimate of drug-likeness (QED) is 0.673. The lowest BCUT2D eigenvalue weighted by molar-refractivity contribution is -0.135. The Morgan fingerprint density at radius 2 is 1.85 bits per heavy atom. The molecule has 1 fully saturated rings. The molecule has 7 heteroatoms. The van der Waals surface area contributed by atoms with Crippen LogP contribution in [0.1, 0.15) is 25.7 Å². The van der Waals surface area contributed by atoms with Gasteiger partial charge in [-0.25, -0.2) is 0 Å². The minimum atomic E-state index is -1.49.